The molecule has 1 N–H and O–H groups in total. The van der Waals surface area contributed by atoms with Crippen molar-refractivity contribution in [1.29, 1.82) is 0 Å². The van der Waals surface area contributed by atoms with Gasteiger partial charge in [-0.05, 0) is 30.4 Å². The second-order valence-electron chi connectivity index (χ2n) is 7.96. The Morgan fingerprint density at radius 1 is 1.29 bits per heavy atom. The molecule has 0 saturated carbocycles. The maximum Gasteiger partial charge on any atom is 0.222 e. The van der Waals surface area contributed by atoms with Gasteiger partial charge in [0.15, 0.2) is 5.96 Å². The molecular formula is C22H34N4OS. The molecule has 6 heteroatoms. The van der Waals surface area contributed by atoms with E-state index in [1.165, 1.54) is 11.1 Å². The van der Waals surface area contributed by atoms with Crippen molar-refractivity contribution >= 4 is 23.6 Å². The van der Waals surface area contributed by atoms with Crippen molar-refractivity contribution in [3.05, 3.63) is 35.4 Å². The van der Waals surface area contributed by atoms with Crippen LogP contribution in [0, 0.1) is 5.92 Å². The lowest BCUT2D eigenvalue weighted by atomic mass is 10.1. The Labute approximate surface area is 174 Å². The number of hydrogen-bond acceptors (Lipinski definition) is 3. The molecule has 1 aromatic carbocycles. The van der Waals surface area contributed by atoms with Gasteiger partial charge in [0.2, 0.25) is 5.91 Å². The lowest BCUT2D eigenvalue weighted by Gasteiger charge is -2.36. The lowest BCUT2D eigenvalue weighted by molar-refractivity contribution is -0.128. The van der Waals surface area contributed by atoms with Gasteiger partial charge in [-0.3, -0.25) is 4.79 Å². The molecule has 0 aliphatic carbocycles. The Morgan fingerprint density at radius 2 is 2.07 bits per heavy atom. The van der Waals surface area contributed by atoms with Crippen molar-refractivity contribution < 1.29 is 4.79 Å². The fourth-order valence-electron chi connectivity index (χ4n) is 3.80. The van der Waals surface area contributed by atoms with E-state index >= 15 is 0 Å². The normalized spacial score (nSPS) is 20.9. The SMILES string of the molecule is CCNC(=NCc1ccccc1CN1CCCC1=O)N1CCSC(C(C)C)C1. The van der Waals surface area contributed by atoms with E-state index in [9.17, 15) is 4.79 Å². The smallest absolute Gasteiger partial charge is 0.222 e. The maximum absolute atomic E-state index is 12.0. The molecule has 2 heterocycles. The summed E-state index contributed by atoms with van der Waals surface area (Å²) in [6, 6.07) is 8.41. The van der Waals surface area contributed by atoms with E-state index in [0.717, 1.165) is 44.3 Å². The van der Waals surface area contributed by atoms with Gasteiger partial charge >= 0.3 is 0 Å². The van der Waals surface area contributed by atoms with Crippen LogP contribution >= 0.6 is 11.8 Å². The van der Waals surface area contributed by atoms with E-state index < -0.39 is 0 Å². The van der Waals surface area contributed by atoms with E-state index in [-0.39, 0.29) is 5.91 Å². The number of aliphatic imine (C=N–C) groups is 1. The minimum Gasteiger partial charge on any atom is -0.357 e. The molecule has 154 valence electrons. The van der Waals surface area contributed by atoms with Crippen molar-refractivity contribution in [2.75, 3.05) is 31.9 Å². The van der Waals surface area contributed by atoms with Crippen LogP contribution in [0.5, 0.6) is 0 Å². The Morgan fingerprint density at radius 3 is 2.75 bits per heavy atom. The summed E-state index contributed by atoms with van der Waals surface area (Å²) in [7, 11) is 0. The number of carbonyl (C=O) groups excluding carboxylic acids is 1. The van der Waals surface area contributed by atoms with Gasteiger partial charge in [-0.1, -0.05) is 38.1 Å². The van der Waals surface area contributed by atoms with Crippen LogP contribution in [-0.4, -0.2) is 58.8 Å². The number of benzene rings is 1. The van der Waals surface area contributed by atoms with Crippen LogP contribution in [-0.2, 0) is 17.9 Å². The summed E-state index contributed by atoms with van der Waals surface area (Å²) >= 11 is 2.08. The van der Waals surface area contributed by atoms with Gasteiger partial charge in [0.25, 0.3) is 0 Å². The highest BCUT2D eigenvalue weighted by Crippen LogP contribution is 2.25. The van der Waals surface area contributed by atoms with Crippen LogP contribution in [0.25, 0.3) is 0 Å². The summed E-state index contributed by atoms with van der Waals surface area (Å²) in [6.07, 6.45) is 1.67. The number of rotatable bonds is 6. The number of carbonyl (C=O) groups is 1. The number of guanidine groups is 1. The second-order valence-corrected chi connectivity index (χ2v) is 9.30. The third-order valence-electron chi connectivity index (χ3n) is 5.52. The highest BCUT2D eigenvalue weighted by Gasteiger charge is 2.25. The standard InChI is InChI=1S/C22H34N4OS/c1-4-23-22(26-12-13-28-20(16-26)17(2)3)24-14-18-8-5-6-9-19(18)15-25-11-7-10-21(25)27/h5-6,8-9,17,20H,4,7,10-16H2,1-3H3,(H,23,24). The fraction of sp³-hybridized carbons (Fsp3) is 0.636. The first-order chi connectivity index (χ1) is 13.6. The molecule has 2 aliphatic rings. The molecule has 28 heavy (non-hydrogen) atoms. The monoisotopic (exact) mass is 402 g/mol. The van der Waals surface area contributed by atoms with Crippen molar-refractivity contribution in [3.63, 3.8) is 0 Å². The quantitative estimate of drug-likeness (QED) is 0.586. The third-order valence-corrected chi connectivity index (χ3v) is 7.06. The summed E-state index contributed by atoms with van der Waals surface area (Å²) in [4.78, 5) is 21.4. The Bertz CT molecular complexity index is 691. The van der Waals surface area contributed by atoms with Crippen LogP contribution in [0.15, 0.2) is 29.3 Å². The van der Waals surface area contributed by atoms with Crippen LogP contribution < -0.4 is 5.32 Å². The third kappa shape index (κ3) is 5.43. The van der Waals surface area contributed by atoms with Crippen LogP contribution in [0.3, 0.4) is 0 Å². The average Bonchev–Trinajstić information content (AvgIpc) is 3.11. The summed E-state index contributed by atoms with van der Waals surface area (Å²) in [6.45, 7) is 11.9. The minimum absolute atomic E-state index is 0.275. The van der Waals surface area contributed by atoms with E-state index in [0.29, 0.717) is 30.7 Å². The van der Waals surface area contributed by atoms with Gasteiger partial charge in [-0.25, -0.2) is 4.99 Å². The Kier molecular flexibility index (Phi) is 7.65. The van der Waals surface area contributed by atoms with E-state index in [1.54, 1.807) is 0 Å². The number of nitrogens with zero attached hydrogens (tertiary/aromatic N) is 3. The first kappa shape index (κ1) is 21.0. The molecule has 2 saturated heterocycles. The second kappa shape index (κ2) is 10.2. The number of hydrogen-bond donors (Lipinski definition) is 1. The van der Waals surface area contributed by atoms with Gasteiger partial charge in [-0.15, -0.1) is 0 Å². The molecule has 1 unspecified atom stereocenters. The highest BCUT2D eigenvalue weighted by atomic mass is 32.2. The average molecular weight is 403 g/mol. The molecule has 0 spiro atoms. The molecular weight excluding hydrogens is 368 g/mol. The predicted molar refractivity (Wildman–Crippen MR) is 119 cm³/mol. The van der Waals surface area contributed by atoms with Gasteiger partial charge in [0, 0.05) is 50.1 Å². The van der Waals surface area contributed by atoms with Gasteiger partial charge in [0.1, 0.15) is 0 Å². The number of amides is 1. The molecule has 5 nitrogen and oxygen atoms in total. The van der Waals surface area contributed by atoms with Crippen LogP contribution in [0.4, 0.5) is 0 Å². The molecule has 1 aromatic rings. The van der Waals surface area contributed by atoms with E-state index in [2.05, 4.69) is 67.0 Å². The summed E-state index contributed by atoms with van der Waals surface area (Å²) < 4.78 is 0. The van der Waals surface area contributed by atoms with Crippen LogP contribution in [0.2, 0.25) is 0 Å². The molecule has 1 amide bonds. The molecule has 0 bridgehead atoms. The van der Waals surface area contributed by atoms with Gasteiger partial charge in [0.05, 0.1) is 6.54 Å². The molecule has 2 aliphatic heterocycles. The lowest BCUT2D eigenvalue weighted by Crippen LogP contribution is -2.49. The topological polar surface area (TPSA) is 47.9 Å². The van der Waals surface area contributed by atoms with Crippen molar-refractivity contribution in [2.45, 2.75) is 52.0 Å². The fourth-order valence-corrected chi connectivity index (χ4v) is 5.10. The summed E-state index contributed by atoms with van der Waals surface area (Å²) in [5.74, 6) is 3.12. The first-order valence-electron chi connectivity index (χ1n) is 10.6. The van der Waals surface area contributed by atoms with E-state index in [4.69, 9.17) is 4.99 Å². The maximum atomic E-state index is 12.0. The van der Waals surface area contributed by atoms with E-state index in [1.807, 2.05) is 4.90 Å². The zero-order valence-corrected chi connectivity index (χ0v) is 18.3. The molecule has 0 radical (unpaired) electrons. The van der Waals surface area contributed by atoms with Crippen molar-refractivity contribution in [3.8, 4) is 0 Å². The number of likely N-dealkylation sites (tertiary alicyclic amines) is 1. The zero-order valence-electron chi connectivity index (χ0n) is 17.5. The summed E-state index contributed by atoms with van der Waals surface area (Å²) in [5.41, 5.74) is 2.43. The Hall–Kier alpha value is -1.69. The van der Waals surface area contributed by atoms with Gasteiger partial charge in [-0.2, -0.15) is 11.8 Å². The molecule has 2 fully saturated rings. The predicted octanol–water partition coefficient (Wildman–Crippen LogP) is 3.35. The largest absolute Gasteiger partial charge is 0.357 e. The van der Waals surface area contributed by atoms with Crippen molar-refractivity contribution in [2.24, 2.45) is 10.9 Å². The van der Waals surface area contributed by atoms with Gasteiger partial charge < -0.3 is 15.1 Å². The Balaban J connectivity index is 1.71. The van der Waals surface area contributed by atoms with Crippen molar-refractivity contribution in [1.82, 2.24) is 15.1 Å². The number of nitrogens with one attached hydrogen (secondary N) is 1. The first-order valence-corrected chi connectivity index (χ1v) is 11.6. The number of thioether (sulfide) groups is 1. The molecule has 1 atom stereocenters. The zero-order chi connectivity index (χ0) is 19.9. The highest BCUT2D eigenvalue weighted by molar-refractivity contribution is 8.00. The summed E-state index contributed by atoms with van der Waals surface area (Å²) in [5, 5.41) is 4.14. The molecule has 3 rings (SSSR count). The minimum atomic E-state index is 0.275. The van der Waals surface area contributed by atoms with Crippen LogP contribution in [0.1, 0.15) is 44.7 Å². The molecule has 0 aromatic heterocycles.